The molecular formula is C19H32N2O3. The summed E-state index contributed by atoms with van der Waals surface area (Å²) in [6, 6.07) is 0. The highest BCUT2D eigenvalue weighted by atomic mass is 16.5. The van der Waals surface area contributed by atoms with E-state index in [1.807, 2.05) is 4.90 Å². The monoisotopic (exact) mass is 336 g/mol. The van der Waals surface area contributed by atoms with Gasteiger partial charge in [0.15, 0.2) is 0 Å². The lowest BCUT2D eigenvalue weighted by Crippen LogP contribution is -2.51. The van der Waals surface area contributed by atoms with Gasteiger partial charge in [0, 0.05) is 33.3 Å². The third-order valence-corrected chi connectivity index (χ3v) is 6.33. The molecule has 0 aromatic rings. The summed E-state index contributed by atoms with van der Waals surface area (Å²) in [6.45, 7) is 3.23. The molecule has 0 bridgehead atoms. The molecule has 0 aromatic heterocycles. The van der Waals surface area contributed by atoms with E-state index in [1.54, 1.807) is 7.11 Å². The van der Waals surface area contributed by atoms with Crippen molar-refractivity contribution in [3.05, 3.63) is 0 Å². The van der Waals surface area contributed by atoms with Crippen molar-refractivity contribution in [1.82, 2.24) is 9.80 Å². The molecule has 0 unspecified atom stereocenters. The van der Waals surface area contributed by atoms with Crippen LogP contribution < -0.4 is 0 Å². The predicted molar refractivity (Wildman–Crippen MR) is 92.5 cm³/mol. The fourth-order valence-electron chi connectivity index (χ4n) is 4.86. The van der Waals surface area contributed by atoms with Gasteiger partial charge in [-0.2, -0.15) is 0 Å². The van der Waals surface area contributed by atoms with Gasteiger partial charge in [0.2, 0.25) is 11.8 Å². The van der Waals surface area contributed by atoms with Gasteiger partial charge in [0.1, 0.15) is 6.61 Å². The number of carbonyl (C=O) groups is 2. The molecule has 0 radical (unpaired) electrons. The van der Waals surface area contributed by atoms with Gasteiger partial charge in [-0.1, -0.05) is 32.1 Å². The van der Waals surface area contributed by atoms with Crippen LogP contribution in [0.1, 0.15) is 57.8 Å². The van der Waals surface area contributed by atoms with Crippen molar-refractivity contribution < 1.29 is 14.3 Å². The molecule has 0 N–H and O–H groups in total. The Kier molecular flexibility index (Phi) is 5.80. The molecule has 5 heteroatoms. The molecule has 2 saturated heterocycles. The molecule has 136 valence electrons. The molecule has 1 atom stereocenters. The molecule has 3 rings (SSSR count). The van der Waals surface area contributed by atoms with Gasteiger partial charge in [0.25, 0.3) is 0 Å². The summed E-state index contributed by atoms with van der Waals surface area (Å²) in [5.74, 6) is 1.13. The standard InChI is InChI=1S/C19H32N2O3/c1-24-14-17(22)21-13-10-19(15-21)9-5-11-20(18(19)23)12-8-16-6-3-2-4-7-16/h16H,2-15H2,1H3/t19-/m0/s1. The maximum absolute atomic E-state index is 13.1. The molecule has 1 aliphatic carbocycles. The van der Waals surface area contributed by atoms with Crippen LogP contribution in [0.3, 0.4) is 0 Å². The SMILES string of the molecule is COCC(=O)N1CC[C@@]2(CCCN(CCC3CCCCC3)C2=O)C1. The fraction of sp³-hybridized carbons (Fsp3) is 0.895. The molecule has 2 heterocycles. The van der Waals surface area contributed by atoms with Crippen molar-refractivity contribution in [2.24, 2.45) is 11.3 Å². The van der Waals surface area contributed by atoms with Gasteiger partial charge in [0.05, 0.1) is 5.41 Å². The average Bonchev–Trinajstić information content (AvgIpc) is 3.03. The van der Waals surface area contributed by atoms with Gasteiger partial charge in [-0.15, -0.1) is 0 Å². The van der Waals surface area contributed by atoms with Gasteiger partial charge >= 0.3 is 0 Å². The van der Waals surface area contributed by atoms with E-state index in [2.05, 4.69) is 4.90 Å². The van der Waals surface area contributed by atoms with Crippen LogP contribution in [0, 0.1) is 11.3 Å². The first-order valence-corrected chi connectivity index (χ1v) is 9.71. The van der Waals surface area contributed by atoms with E-state index in [9.17, 15) is 9.59 Å². The topological polar surface area (TPSA) is 49.9 Å². The first kappa shape index (κ1) is 17.7. The maximum Gasteiger partial charge on any atom is 0.248 e. The first-order chi connectivity index (χ1) is 11.6. The molecule has 5 nitrogen and oxygen atoms in total. The number of amides is 2. The van der Waals surface area contributed by atoms with E-state index in [0.29, 0.717) is 19.0 Å². The summed E-state index contributed by atoms with van der Waals surface area (Å²) in [5.41, 5.74) is -0.311. The first-order valence-electron chi connectivity index (χ1n) is 9.71. The zero-order chi connectivity index (χ0) is 17.0. The van der Waals surface area contributed by atoms with Gasteiger partial charge in [-0.25, -0.2) is 0 Å². The van der Waals surface area contributed by atoms with E-state index >= 15 is 0 Å². The minimum absolute atomic E-state index is 0.0153. The van der Waals surface area contributed by atoms with Crippen molar-refractivity contribution >= 4 is 11.8 Å². The number of nitrogens with zero attached hydrogens (tertiary/aromatic N) is 2. The Morgan fingerprint density at radius 3 is 2.71 bits per heavy atom. The molecule has 2 amide bonds. The third-order valence-electron chi connectivity index (χ3n) is 6.33. The lowest BCUT2D eigenvalue weighted by atomic mass is 9.78. The summed E-state index contributed by atoms with van der Waals surface area (Å²) in [4.78, 5) is 29.1. The van der Waals surface area contributed by atoms with Crippen molar-refractivity contribution in [3.8, 4) is 0 Å². The Bertz CT molecular complexity index is 462. The predicted octanol–water partition coefficient (Wildman–Crippen LogP) is 2.44. The van der Waals surface area contributed by atoms with E-state index in [-0.39, 0.29) is 17.9 Å². The van der Waals surface area contributed by atoms with Crippen LogP contribution in [0.2, 0.25) is 0 Å². The second kappa shape index (κ2) is 7.85. The number of likely N-dealkylation sites (tertiary alicyclic amines) is 2. The Balaban J connectivity index is 1.55. The summed E-state index contributed by atoms with van der Waals surface area (Å²) in [5, 5.41) is 0. The van der Waals surface area contributed by atoms with E-state index in [1.165, 1.54) is 32.1 Å². The highest BCUT2D eigenvalue weighted by molar-refractivity contribution is 5.86. The summed E-state index contributed by atoms with van der Waals surface area (Å²) >= 11 is 0. The van der Waals surface area contributed by atoms with Crippen LogP contribution in [0.4, 0.5) is 0 Å². The molecule has 24 heavy (non-hydrogen) atoms. The largest absolute Gasteiger partial charge is 0.375 e. The van der Waals surface area contributed by atoms with E-state index < -0.39 is 0 Å². The highest BCUT2D eigenvalue weighted by Crippen LogP contribution is 2.40. The molecule has 1 saturated carbocycles. The lowest BCUT2D eigenvalue weighted by molar-refractivity contribution is -0.146. The van der Waals surface area contributed by atoms with Crippen LogP contribution in [0.5, 0.6) is 0 Å². The van der Waals surface area contributed by atoms with Gasteiger partial charge in [-0.3, -0.25) is 9.59 Å². The molecule has 0 aromatic carbocycles. The number of carbonyl (C=O) groups excluding carboxylic acids is 2. The Hall–Kier alpha value is -1.10. The van der Waals surface area contributed by atoms with Crippen LogP contribution in [0.25, 0.3) is 0 Å². The Labute approximate surface area is 145 Å². The number of piperidine rings is 1. The van der Waals surface area contributed by atoms with Crippen molar-refractivity contribution in [3.63, 3.8) is 0 Å². The third kappa shape index (κ3) is 3.76. The summed E-state index contributed by atoms with van der Waals surface area (Å²) < 4.78 is 4.96. The minimum atomic E-state index is -0.311. The quantitative estimate of drug-likeness (QED) is 0.775. The fourth-order valence-corrected chi connectivity index (χ4v) is 4.86. The van der Waals surface area contributed by atoms with Crippen molar-refractivity contribution in [2.45, 2.75) is 57.8 Å². The Morgan fingerprint density at radius 2 is 1.96 bits per heavy atom. The normalized spacial score (nSPS) is 28.8. The number of methoxy groups -OCH3 is 1. The van der Waals surface area contributed by atoms with E-state index in [4.69, 9.17) is 4.74 Å². The van der Waals surface area contributed by atoms with E-state index in [0.717, 1.165) is 44.7 Å². The number of ether oxygens (including phenoxy) is 1. The molecule has 3 fully saturated rings. The number of rotatable bonds is 5. The molecule has 1 spiro atoms. The maximum atomic E-state index is 13.1. The summed E-state index contributed by atoms with van der Waals surface area (Å²) in [6.07, 6.45) is 10.8. The van der Waals surface area contributed by atoms with Crippen LogP contribution in [0.15, 0.2) is 0 Å². The summed E-state index contributed by atoms with van der Waals surface area (Å²) in [7, 11) is 1.54. The smallest absolute Gasteiger partial charge is 0.248 e. The van der Waals surface area contributed by atoms with Crippen molar-refractivity contribution in [2.75, 3.05) is 39.9 Å². The van der Waals surface area contributed by atoms with Crippen LogP contribution >= 0.6 is 0 Å². The van der Waals surface area contributed by atoms with Gasteiger partial charge < -0.3 is 14.5 Å². The second-order valence-electron chi connectivity index (χ2n) is 7.97. The zero-order valence-electron chi connectivity index (χ0n) is 15.1. The lowest BCUT2D eigenvalue weighted by Gasteiger charge is -2.40. The zero-order valence-corrected chi connectivity index (χ0v) is 15.1. The highest BCUT2D eigenvalue weighted by Gasteiger charge is 2.49. The molecule has 3 aliphatic rings. The number of hydrogen-bond acceptors (Lipinski definition) is 3. The van der Waals surface area contributed by atoms with Crippen LogP contribution in [-0.4, -0.2) is 61.5 Å². The average molecular weight is 336 g/mol. The van der Waals surface area contributed by atoms with Gasteiger partial charge in [-0.05, 0) is 31.6 Å². The minimum Gasteiger partial charge on any atom is -0.375 e. The van der Waals surface area contributed by atoms with Crippen LogP contribution in [-0.2, 0) is 14.3 Å². The Morgan fingerprint density at radius 1 is 1.17 bits per heavy atom. The molecular weight excluding hydrogens is 304 g/mol. The van der Waals surface area contributed by atoms with Crippen molar-refractivity contribution in [1.29, 1.82) is 0 Å². The number of hydrogen-bond donors (Lipinski definition) is 0. The second-order valence-corrected chi connectivity index (χ2v) is 7.97. The molecule has 2 aliphatic heterocycles.